The van der Waals surface area contributed by atoms with Crippen LogP contribution in [0.5, 0.6) is 0 Å². The van der Waals surface area contributed by atoms with Crippen LogP contribution in [0.1, 0.15) is 69.2 Å². The largest absolute Gasteiger partial charge is 0.383 e. The molecule has 0 aromatic rings. The summed E-state index contributed by atoms with van der Waals surface area (Å²) in [4.78, 5) is 2.31. The lowest BCUT2D eigenvalue weighted by Gasteiger charge is -2.21. The van der Waals surface area contributed by atoms with Gasteiger partial charge >= 0.3 is 0 Å². The van der Waals surface area contributed by atoms with Crippen LogP contribution < -0.4 is 10.6 Å². The van der Waals surface area contributed by atoms with Crippen molar-refractivity contribution in [3.8, 4) is 0 Å². The van der Waals surface area contributed by atoms with Crippen molar-refractivity contribution in [3.05, 3.63) is 120 Å². The molecule has 0 atom stereocenters. The quantitative estimate of drug-likeness (QED) is 0.198. The fourth-order valence-electron chi connectivity index (χ4n) is 3.06. The van der Waals surface area contributed by atoms with Gasteiger partial charge in [0.2, 0.25) is 0 Å². The third kappa shape index (κ3) is 20.1. The smallest absolute Gasteiger partial charge is 0.0416 e. The van der Waals surface area contributed by atoms with Crippen molar-refractivity contribution in [2.45, 2.75) is 69.2 Å². The molecule has 0 heterocycles. The normalized spacial score (nSPS) is 11.4. The van der Waals surface area contributed by atoms with Gasteiger partial charge in [-0.25, -0.2) is 0 Å². The number of rotatable bonds is 16. The van der Waals surface area contributed by atoms with Gasteiger partial charge in [-0.1, -0.05) is 107 Å². The molecule has 0 rings (SSSR count). The van der Waals surface area contributed by atoms with Gasteiger partial charge in [-0.3, -0.25) is 0 Å². The number of nitrogens with one attached hydrogen (secondary N) is 2. The molecule has 2 N–H and O–H groups in total. The number of hydrogen-bond acceptors (Lipinski definition) is 3. The highest BCUT2D eigenvalue weighted by Gasteiger charge is 2.07. The average molecular weight is 522 g/mol. The minimum atomic E-state index is 0.825. The number of nitrogens with zero attached hydrogens (tertiary/aromatic N) is 1. The second-order valence-electron chi connectivity index (χ2n) is 8.99. The van der Waals surface area contributed by atoms with Gasteiger partial charge in [0.25, 0.3) is 0 Å². The van der Waals surface area contributed by atoms with Gasteiger partial charge in [-0.15, -0.1) is 0 Å². The average Bonchev–Trinajstić information content (AvgIpc) is 2.86. The van der Waals surface area contributed by atoms with E-state index >= 15 is 0 Å². The summed E-state index contributed by atoms with van der Waals surface area (Å²) in [7, 11) is 2.14. The van der Waals surface area contributed by atoms with Crippen LogP contribution in [0, 0.1) is 0 Å². The molecule has 0 radical (unpaired) electrons. The number of likely N-dealkylation sites (N-methyl/N-ethyl adjacent to an activating group) is 1. The van der Waals surface area contributed by atoms with E-state index in [-0.39, 0.29) is 0 Å². The highest BCUT2D eigenvalue weighted by Crippen LogP contribution is 2.17. The number of hydrogen-bond donors (Lipinski definition) is 2. The van der Waals surface area contributed by atoms with Gasteiger partial charge in [0.05, 0.1) is 0 Å². The number of allylic oxidation sites excluding steroid dienone is 12. The summed E-state index contributed by atoms with van der Waals surface area (Å²) in [5, 5.41) is 7.13. The molecule has 3 nitrogen and oxygen atoms in total. The first-order valence-corrected chi connectivity index (χ1v) is 13.9. The van der Waals surface area contributed by atoms with E-state index in [0.717, 1.165) is 54.3 Å². The molecule has 38 heavy (non-hydrogen) atoms. The van der Waals surface area contributed by atoms with E-state index in [1.165, 1.54) is 16.7 Å². The predicted octanol–water partition coefficient (Wildman–Crippen LogP) is 9.23. The Morgan fingerprint density at radius 1 is 0.684 bits per heavy atom. The van der Waals surface area contributed by atoms with Crippen molar-refractivity contribution in [1.82, 2.24) is 15.5 Å². The zero-order valence-electron chi connectivity index (χ0n) is 26.7. The van der Waals surface area contributed by atoms with E-state index in [0.29, 0.717) is 0 Å². The van der Waals surface area contributed by atoms with Gasteiger partial charge in [-0.05, 0) is 77.5 Å². The van der Waals surface area contributed by atoms with Crippen molar-refractivity contribution in [2.24, 2.45) is 0 Å². The van der Waals surface area contributed by atoms with Crippen molar-refractivity contribution >= 4 is 0 Å². The van der Waals surface area contributed by atoms with E-state index in [9.17, 15) is 0 Å². The van der Waals surface area contributed by atoms with Gasteiger partial charge in [-0.2, -0.15) is 0 Å². The molecular weight excluding hydrogens is 462 g/mol. The fraction of sp³-hybridized carbons (Fsp3) is 0.429. The first kappa shape index (κ1) is 39.5. The summed E-state index contributed by atoms with van der Waals surface area (Å²) in [6, 6.07) is 0. The predicted molar refractivity (Wildman–Crippen MR) is 177 cm³/mol. The molecule has 3 heteroatoms. The molecule has 0 aliphatic rings. The Morgan fingerprint density at radius 2 is 1.16 bits per heavy atom. The molecule has 0 amide bonds. The van der Waals surface area contributed by atoms with E-state index in [1.807, 2.05) is 71.9 Å². The van der Waals surface area contributed by atoms with E-state index in [2.05, 4.69) is 94.8 Å². The Balaban J connectivity index is -0.00000291. The zero-order chi connectivity index (χ0) is 30.1. The van der Waals surface area contributed by atoms with Crippen LogP contribution in [-0.2, 0) is 0 Å². The molecule has 0 aliphatic heterocycles. The summed E-state index contributed by atoms with van der Waals surface area (Å²) >= 11 is 0. The van der Waals surface area contributed by atoms with Crippen LogP contribution in [0.4, 0.5) is 0 Å². The van der Waals surface area contributed by atoms with E-state index in [4.69, 9.17) is 0 Å². The van der Waals surface area contributed by atoms with Crippen LogP contribution in [0.15, 0.2) is 120 Å². The zero-order valence-corrected chi connectivity index (χ0v) is 26.7. The van der Waals surface area contributed by atoms with Gasteiger partial charge < -0.3 is 15.5 Å². The van der Waals surface area contributed by atoms with E-state index in [1.54, 1.807) is 0 Å². The molecular formula is C35H59N3. The van der Waals surface area contributed by atoms with Crippen molar-refractivity contribution in [1.29, 1.82) is 0 Å². The second kappa shape index (κ2) is 25.6. The lowest BCUT2D eigenvalue weighted by atomic mass is 10.0. The van der Waals surface area contributed by atoms with Crippen molar-refractivity contribution in [3.63, 3.8) is 0 Å². The van der Waals surface area contributed by atoms with Gasteiger partial charge in [0, 0.05) is 37.6 Å². The third-order valence-electron chi connectivity index (χ3n) is 4.88. The van der Waals surface area contributed by atoms with Crippen molar-refractivity contribution in [2.75, 3.05) is 33.2 Å². The first-order valence-electron chi connectivity index (χ1n) is 13.9. The Kier molecular flexibility index (Phi) is 26.6. The van der Waals surface area contributed by atoms with Gasteiger partial charge in [0.15, 0.2) is 0 Å². The minimum Gasteiger partial charge on any atom is -0.383 e. The SMILES string of the molecule is C=C/C=C(/NCCN(C)CCNC(=C/C=C)/C(=C/C=C(C)C)C(=C)C)C(/C=C\C(=C)C)=C(C)C.CC.CC. The Hall–Kier alpha value is -3.04. The summed E-state index contributed by atoms with van der Waals surface area (Å²) in [5.74, 6) is 0. The first-order chi connectivity index (χ1) is 18.0. The van der Waals surface area contributed by atoms with Crippen LogP contribution in [0.25, 0.3) is 0 Å². The molecule has 0 aliphatic carbocycles. The second-order valence-corrected chi connectivity index (χ2v) is 8.99. The molecule has 0 aromatic heterocycles. The van der Waals surface area contributed by atoms with Crippen LogP contribution >= 0.6 is 0 Å². The molecule has 214 valence electrons. The maximum atomic E-state index is 4.14. The maximum absolute atomic E-state index is 4.14. The summed E-state index contributed by atoms with van der Waals surface area (Å²) in [5.41, 5.74) is 8.92. The van der Waals surface area contributed by atoms with Crippen LogP contribution in [0.2, 0.25) is 0 Å². The minimum absolute atomic E-state index is 0.825. The van der Waals surface area contributed by atoms with Gasteiger partial charge in [0.1, 0.15) is 0 Å². The molecule has 0 saturated carbocycles. The van der Waals surface area contributed by atoms with Crippen LogP contribution in [0.3, 0.4) is 0 Å². The Bertz CT molecular complexity index is 893. The molecule has 0 spiro atoms. The topological polar surface area (TPSA) is 27.3 Å². The fourth-order valence-corrected chi connectivity index (χ4v) is 3.06. The third-order valence-corrected chi connectivity index (χ3v) is 4.88. The van der Waals surface area contributed by atoms with Crippen LogP contribution in [-0.4, -0.2) is 38.1 Å². The highest BCUT2D eigenvalue weighted by atomic mass is 15.1. The standard InChI is InChI=1S/C31H47N3.2C2H6/c1-12-14-30(28(26(7)8)18-16-24(3)4)32-20-22-34(11)23-21-33-31(15-13-2)29(27(9)10)19-17-25(5)6;2*1-2/h12-19,32-33H,1-3,9,20-23H2,4-8,10-11H3;2*1-2H3/b18-16-,29-19+,30-14+,31-15+;;. The highest BCUT2D eigenvalue weighted by molar-refractivity contribution is 5.47. The Labute approximate surface area is 237 Å². The Morgan fingerprint density at radius 3 is 1.55 bits per heavy atom. The molecule has 0 aromatic carbocycles. The maximum Gasteiger partial charge on any atom is 0.0416 e. The molecule has 0 fully saturated rings. The molecule has 0 saturated heterocycles. The monoisotopic (exact) mass is 521 g/mol. The summed E-state index contributed by atoms with van der Waals surface area (Å²) in [6.45, 7) is 39.8. The summed E-state index contributed by atoms with van der Waals surface area (Å²) < 4.78 is 0. The lowest BCUT2D eigenvalue weighted by Crippen LogP contribution is -2.34. The summed E-state index contributed by atoms with van der Waals surface area (Å²) in [6.07, 6.45) is 16.0. The van der Waals surface area contributed by atoms with E-state index < -0.39 is 0 Å². The lowest BCUT2D eigenvalue weighted by molar-refractivity contribution is 0.338. The molecule has 0 bridgehead atoms. The molecule has 0 unspecified atom stereocenters. The van der Waals surface area contributed by atoms with Crippen molar-refractivity contribution < 1.29 is 0 Å².